The number of carbonyl (C=O) groups is 1. The van der Waals surface area contributed by atoms with E-state index in [-0.39, 0.29) is 17.3 Å². The quantitative estimate of drug-likeness (QED) is 0.804. The molecule has 1 amide bonds. The van der Waals surface area contributed by atoms with Gasteiger partial charge >= 0.3 is 0 Å². The van der Waals surface area contributed by atoms with Crippen molar-refractivity contribution in [1.82, 2.24) is 0 Å². The molecule has 1 aromatic rings. The largest absolute Gasteiger partial charge is 0.497 e. The molecule has 0 radical (unpaired) electrons. The average Bonchev–Trinajstić information content (AvgIpc) is 2.27. The lowest BCUT2D eigenvalue weighted by molar-refractivity contribution is -0.117. The molecule has 16 heavy (non-hydrogen) atoms. The van der Waals surface area contributed by atoms with Crippen molar-refractivity contribution >= 4 is 28.8 Å². The number of nitrogens with zero attached hydrogens (tertiary/aromatic N) is 1. The first-order valence-corrected chi connectivity index (χ1v) is 5.14. The minimum absolute atomic E-state index is 0.0725. The minimum Gasteiger partial charge on any atom is -0.497 e. The maximum absolute atomic E-state index is 11.7. The van der Waals surface area contributed by atoms with Gasteiger partial charge in [0.1, 0.15) is 5.75 Å². The van der Waals surface area contributed by atoms with Crippen molar-refractivity contribution in [2.75, 3.05) is 19.1 Å². The van der Waals surface area contributed by atoms with Crippen LogP contribution < -0.4 is 15.4 Å². The van der Waals surface area contributed by atoms with Crippen LogP contribution in [-0.4, -0.2) is 25.1 Å². The highest BCUT2D eigenvalue weighted by Crippen LogP contribution is 2.20. The molecule has 0 aromatic heterocycles. The molecule has 0 aliphatic carbocycles. The predicted molar refractivity (Wildman–Crippen MR) is 67.8 cm³/mol. The van der Waals surface area contributed by atoms with Crippen molar-refractivity contribution in [1.29, 1.82) is 0 Å². The topological polar surface area (TPSA) is 55.6 Å². The Morgan fingerprint density at radius 1 is 1.56 bits per heavy atom. The smallest absolute Gasteiger partial charge is 0.233 e. The van der Waals surface area contributed by atoms with Crippen LogP contribution in [0.1, 0.15) is 6.42 Å². The third-order valence-electron chi connectivity index (χ3n) is 2.14. The van der Waals surface area contributed by atoms with Gasteiger partial charge in [0.2, 0.25) is 5.91 Å². The van der Waals surface area contributed by atoms with Crippen molar-refractivity contribution in [2.24, 2.45) is 5.73 Å². The highest BCUT2D eigenvalue weighted by Gasteiger charge is 2.12. The molecule has 0 bridgehead atoms. The van der Waals surface area contributed by atoms with E-state index >= 15 is 0 Å². The van der Waals surface area contributed by atoms with E-state index in [1.807, 2.05) is 18.2 Å². The summed E-state index contributed by atoms with van der Waals surface area (Å²) in [5, 5.41) is 0. The highest BCUT2D eigenvalue weighted by atomic mass is 32.1. The second-order valence-corrected chi connectivity index (χ2v) is 3.82. The first kappa shape index (κ1) is 12.4. The molecule has 0 unspecified atom stereocenters. The second kappa shape index (κ2) is 5.46. The van der Waals surface area contributed by atoms with E-state index in [1.54, 1.807) is 20.2 Å². The molecule has 0 saturated heterocycles. The third kappa shape index (κ3) is 3.20. The van der Waals surface area contributed by atoms with Gasteiger partial charge in [-0.25, -0.2) is 0 Å². The van der Waals surface area contributed by atoms with Gasteiger partial charge in [0, 0.05) is 18.8 Å². The fourth-order valence-electron chi connectivity index (χ4n) is 1.23. The third-order valence-corrected chi connectivity index (χ3v) is 2.28. The number of carbonyl (C=O) groups excluding carboxylic acids is 1. The second-order valence-electron chi connectivity index (χ2n) is 3.30. The van der Waals surface area contributed by atoms with Crippen molar-refractivity contribution in [3.05, 3.63) is 24.3 Å². The lowest BCUT2D eigenvalue weighted by atomic mass is 10.2. The molecule has 4 nitrogen and oxygen atoms in total. The Morgan fingerprint density at radius 2 is 2.25 bits per heavy atom. The molecule has 0 spiro atoms. The Balaban J connectivity index is 2.82. The number of anilines is 1. The summed E-state index contributed by atoms with van der Waals surface area (Å²) in [5.41, 5.74) is 6.08. The zero-order chi connectivity index (χ0) is 12.1. The summed E-state index contributed by atoms with van der Waals surface area (Å²) in [4.78, 5) is 13.4. The van der Waals surface area contributed by atoms with Crippen LogP contribution in [-0.2, 0) is 4.79 Å². The Labute approximate surface area is 100.0 Å². The first-order chi connectivity index (χ1) is 7.54. The molecule has 0 fully saturated rings. The highest BCUT2D eigenvalue weighted by molar-refractivity contribution is 7.80. The molecular weight excluding hydrogens is 224 g/mol. The number of ether oxygens (including phenoxy) is 1. The molecule has 0 aliphatic heterocycles. The molecule has 5 heteroatoms. The summed E-state index contributed by atoms with van der Waals surface area (Å²) in [6.07, 6.45) is 0.0725. The Morgan fingerprint density at radius 3 is 2.81 bits per heavy atom. The Kier molecular flexibility index (Phi) is 4.25. The van der Waals surface area contributed by atoms with Gasteiger partial charge in [0.15, 0.2) is 0 Å². The number of nitrogens with two attached hydrogens (primary N) is 1. The van der Waals surface area contributed by atoms with E-state index in [0.29, 0.717) is 5.75 Å². The van der Waals surface area contributed by atoms with Gasteiger partial charge < -0.3 is 15.4 Å². The fourth-order valence-corrected chi connectivity index (χ4v) is 1.35. The summed E-state index contributed by atoms with van der Waals surface area (Å²) < 4.78 is 5.08. The molecule has 1 aromatic carbocycles. The molecule has 86 valence electrons. The zero-order valence-electron chi connectivity index (χ0n) is 9.27. The van der Waals surface area contributed by atoms with Crippen LogP contribution in [0.3, 0.4) is 0 Å². The van der Waals surface area contributed by atoms with Crippen LogP contribution >= 0.6 is 12.2 Å². The van der Waals surface area contributed by atoms with Crippen LogP contribution in [0.5, 0.6) is 5.75 Å². The zero-order valence-corrected chi connectivity index (χ0v) is 10.1. The first-order valence-electron chi connectivity index (χ1n) is 4.73. The van der Waals surface area contributed by atoms with Gasteiger partial charge in [0.05, 0.1) is 18.5 Å². The van der Waals surface area contributed by atoms with Gasteiger partial charge in [-0.1, -0.05) is 18.3 Å². The average molecular weight is 238 g/mol. The Bertz CT molecular complexity index is 407. The maximum Gasteiger partial charge on any atom is 0.233 e. The molecule has 0 aliphatic rings. The number of benzene rings is 1. The summed E-state index contributed by atoms with van der Waals surface area (Å²) in [5.74, 6) is 0.563. The SMILES string of the molecule is COc1cccc(N(C)C(=O)CC(N)=S)c1. The van der Waals surface area contributed by atoms with Crippen molar-refractivity contribution in [3.63, 3.8) is 0 Å². The number of hydrogen-bond acceptors (Lipinski definition) is 3. The van der Waals surface area contributed by atoms with Gasteiger partial charge in [-0.05, 0) is 12.1 Å². The normalized spacial score (nSPS) is 9.62. The number of rotatable bonds is 4. The minimum atomic E-state index is -0.138. The lowest BCUT2D eigenvalue weighted by Gasteiger charge is -2.17. The number of thiocarbonyl (C=S) groups is 1. The van der Waals surface area contributed by atoms with Gasteiger partial charge in [0.25, 0.3) is 0 Å². The van der Waals surface area contributed by atoms with Gasteiger partial charge in [-0.15, -0.1) is 0 Å². The molecule has 2 N–H and O–H groups in total. The predicted octanol–water partition coefficient (Wildman–Crippen LogP) is 1.33. The number of hydrogen-bond donors (Lipinski definition) is 1. The summed E-state index contributed by atoms with van der Waals surface area (Å²) in [7, 11) is 3.26. The van der Waals surface area contributed by atoms with Crippen molar-refractivity contribution < 1.29 is 9.53 Å². The van der Waals surface area contributed by atoms with Crippen LogP contribution in [0.4, 0.5) is 5.69 Å². The van der Waals surface area contributed by atoms with E-state index in [0.717, 1.165) is 5.69 Å². The summed E-state index contributed by atoms with van der Waals surface area (Å²) in [6, 6.07) is 7.23. The van der Waals surface area contributed by atoms with Crippen LogP contribution in [0.25, 0.3) is 0 Å². The lowest BCUT2D eigenvalue weighted by Crippen LogP contribution is -2.29. The Hall–Kier alpha value is -1.62. The van der Waals surface area contributed by atoms with Gasteiger partial charge in [-0.2, -0.15) is 0 Å². The molecule has 0 heterocycles. The summed E-state index contributed by atoms with van der Waals surface area (Å²) >= 11 is 4.70. The van der Waals surface area contributed by atoms with Crippen molar-refractivity contribution in [2.45, 2.75) is 6.42 Å². The van der Waals surface area contributed by atoms with Crippen LogP contribution in [0.2, 0.25) is 0 Å². The molecule has 1 rings (SSSR count). The van der Waals surface area contributed by atoms with E-state index in [4.69, 9.17) is 22.7 Å². The molecule has 0 saturated carbocycles. The van der Waals surface area contributed by atoms with Crippen LogP contribution in [0, 0.1) is 0 Å². The molecular formula is C11H14N2O2S. The number of methoxy groups -OCH3 is 1. The van der Waals surface area contributed by atoms with E-state index in [2.05, 4.69) is 0 Å². The maximum atomic E-state index is 11.7. The van der Waals surface area contributed by atoms with Crippen LogP contribution in [0.15, 0.2) is 24.3 Å². The van der Waals surface area contributed by atoms with E-state index < -0.39 is 0 Å². The number of amides is 1. The summed E-state index contributed by atoms with van der Waals surface area (Å²) in [6.45, 7) is 0. The molecule has 0 atom stereocenters. The van der Waals surface area contributed by atoms with Gasteiger partial charge in [-0.3, -0.25) is 4.79 Å². The van der Waals surface area contributed by atoms with E-state index in [9.17, 15) is 4.79 Å². The fraction of sp³-hybridized carbons (Fsp3) is 0.273. The van der Waals surface area contributed by atoms with E-state index in [1.165, 1.54) is 4.90 Å². The van der Waals surface area contributed by atoms with Crippen molar-refractivity contribution in [3.8, 4) is 5.75 Å². The standard InChI is InChI=1S/C11H14N2O2S/c1-13(11(14)7-10(12)16)8-4-3-5-9(6-8)15-2/h3-6H,7H2,1-2H3,(H2,12,16). The monoisotopic (exact) mass is 238 g/mol.